The van der Waals surface area contributed by atoms with Crippen LogP contribution in [0.4, 0.5) is 0 Å². The highest BCUT2D eigenvalue weighted by molar-refractivity contribution is 5.91. The van der Waals surface area contributed by atoms with E-state index in [4.69, 9.17) is 4.74 Å². The molecule has 0 unspecified atom stereocenters. The molecule has 4 aliphatic carbocycles. The van der Waals surface area contributed by atoms with Crippen LogP contribution in [0.15, 0.2) is 11.6 Å². The number of carbonyl (C=O) groups excluding carboxylic acids is 3. The molecule has 3 saturated carbocycles. The minimum absolute atomic E-state index is 0.0135. The molecule has 0 saturated heterocycles. The molecule has 4 rings (SSSR count). The van der Waals surface area contributed by atoms with E-state index in [0.29, 0.717) is 24.2 Å². The van der Waals surface area contributed by atoms with Crippen molar-refractivity contribution in [2.24, 2.45) is 28.6 Å². The SMILES string of the molecule is C[C@]12CC[C@H]3[C@@H](CCC4=CC(=O)CC[C@@]43C)[C@@H]1CC[C@@H]2OC(=O)CCC(=O)[O-]. The summed E-state index contributed by atoms with van der Waals surface area (Å²) in [7, 11) is 0. The summed E-state index contributed by atoms with van der Waals surface area (Å²) in [6.45, 7) is 4.65. The molecule has 0 aromatic carbocycles. The molecule has 5 heteroatoms. The number of ether oxygens (including phenoxy) is 1. The Kier molecular flexibility index (Phi) is 4.91. The minimum atomic E-state index is -1.21. The minimum Gasteiger partial charge on any atom is -0.550 e. The Morgan fingerprint density at radius 1 is 1.07 bits per heavy atom. The van der Waals surface area contributed by atoms with Crippen molar-refractivity contribution >= 4 is 17.7 Å². The van der Waals surface area contributed by atoms with Crippen molar-refractivity contribution < 1.29 is 24.2 Å². The molecule has 4 aliphatic rings. The van der Waals surface area contributed by atoms with Crippen molar-refractivity contribution in [3.05, 3.63) is 11.6 Å². The van der Waals surface area contributed by atoms with E-state index in [1.165, 1.54) is 5.57 Å². The van der Waals surface area contributed by atoms with Crippen LogP contribution in [0.3, 0.4) is 0 Å². The maximum absolute atomic E-state index is 12.1. The highest BCUT2D eigenvalue weighted by atomic mass is 16.5. The third-order valence-corrected chi connectivity index (χ3v) is 8.68. The smallest absolute Gasteiger partial charge is 0.306 e. The first-order valence-corrected chi connectivity index (χ1v) is 10.9. The van der Waals surface area contributed by atoms with E-state index in [0.717, 1.165) is 44.9 Å². The number of aliphatic carboxylic acids is 1. The van der Waals surface area contributed by atoms with Crippen molar-refractivity contribution in [3.8, 4) is 0 Å². The van der Waals surface area contributed by atoms with Gasteiger partial charge < -0.3 is 14.6 Å². The molecule has 0 amide bonds. The third kappa shape index (κ3) is 3.11. The van der Waals surface area contributed by atoms with Gasteiger partial charge in [-0.25, -0.2) is 0 Å². The lowest BCUT2D eigenvalue weighted by Crippen LogP contribution is -2.51. The first-order valence-electron chi connectivity index (χ1n) is 10.9. The van der Waals surface area contributed by atoms with Gasteiger partial charge in [-0.3, -0.25) is 9.59 Å². The fraction of sp³-hybridized carbons (Fsp3) is 0.783. The number of carboxylic acid groups (broad SMARTS) is 1. The van der Waals surface area contributed by atoms with Crippen LogP contribution in [0, 0.1) is 28.6 Å². The normalized spacial score (nSPS) is 42.1. The lowest BCUT2D eigenvalue weighted by Gasteiger charge is -2.57. The Labute approximate surface area is 166 Å². The predicted octanol–water partition coefficient (Wildman–Crippen LogP) is 2.96. The zero-order valence-corrected chi connectivity index (χ0v) is 17.0. The van der Waals surface area contributed by atoms with Gasteiger partial charge in [-0.05, 0) is 80.6 Å². The fourth-order valence-corrected chi connectivity index (χ4v) is 7.13. The van der Waals surface area contributed by atoms with Crippen LogP contribution < -0.4 is 5.11 Å². The Hall–Kier alpha value is -1.65. The van der Waals surface area contributed by atoms with Crippen LogP contribution in [-0.2, 0) is 19.1 Å². The lowest BCUT2D eigenvalue weighted by molar-refractivity contribution is -0.305. The summed E-state index contributed by atoms with van der Waals surface area (Å²) in [4.78, 5) is 34.7. The number of hydrogen-bond donors (Lipinski definition) is 0. The van der Waals surface area contributed by atoms with E-state index >= 15 is 0 Å². The molecular formula is C23H31O5-. The Morgan fingerprint density at radius 2 is 1.86 bits per heavy atom. The maximum Gasteiger partial charge on any atom is 0.306 e. The standard InChI is InChI=1S/C23H32O5/c1-22-11-9-15(24)13-14(22)3-4-16-17-5-6-19(23(17,2)12-10-18(16)22)28-21(27)8-7-20(25)26/h13,16-19H,3-12H2,1-2H3,(H,25,26)/p-1/t16-,17-,18-,19-,22-,23-/m0/s1. The van der Waals surface area contributed by atoms with Gasteiger partial charge in [0.15, 0.2) is 5.78 Å². The summed E-state index contributed by atoms with van der Waals surface area (Å²) in [6, 6.07) is 0. The molecule has 0 bridgehead atoms. The van der Waals surface area contributed by atoms with Gasteiger partial charge in [0.05, 0.1) is 6.42 Å². The average Bonchev–Trinajstić information content (AvgIpc) is 2.97. The van der Waals surface area contributed by atoms with Crippen molar-refractivity contribution in [2.45, 2.75) is 84.2 Å². The number of carbonyl (C=O) groups is 3. The number of carboxylic acids is 1. The maximum atomic E-state index is 12.1. The van der Waals surface area contributed by atoms with E-state index in [2.05, 4.69) is 13.8 Å². The van der Waals surface area contributed by atoms with E-state index in [-0.39, 0.29) is 35.6 Å². The van der Waals surface area contributed by atoms with Crippen LogP contribution in [0.5, 0.6) is 0 Å². The van der Waals surface area contributed by atoms with Gasteiger partial charge in [-0.1, -0.05) is 19.4 Å². The molecule has 0 aromatic rings. The fourth-order valence-electron chi connectivity index (χ4n) is 7.13. The number of esters is 1. The number of ketones is 1. The van der Waals surface area contributed by atoms with Crippen LogP contribution in [-0.4, -0.2) is 23.8 Å². The molecule has 0 heterocycles. The van der Waals surface area contributed by atoms with E-state index in [9.17, 15) is 19.5 Å². The summed E-state index contributed by atoms with van der Waals surface area (Å²) in [6.07, 6.45) is 9.35. The first-order chi connectivity index (χ1) is 13.2. The molecular weight excluding hydrogens is 356 g/mol. The Bertz CT molecular complexity index is 725. The molecule has 0 aliphatic heterocycles. The lowest BCUT2D eigenvalue weighted by atomic mass is 9.47. The topological polar surface area (TPSA) is 83.5 Å². The highest BCUT2D eigenvalue weighted by Crippen LogP contribution is 2.65. The molecule has 6 atom stereocenters. The molecule has 5 nitrogen and oxygen atoms in total. The Morgan fingerprint density at radius 3 is 2.61 bits per heavy atom. The van der Waals surface area contributed by atoms with Gasteiger partial charge in [0.25, 0.3) is 0 Å². The Balaban J connectivity index is 1.49. The van der Waals surface area contributed by atoms with Crippen molar-refractivity contribution in [1.29, 1.82) is 0 Å². The zero-order chi connectivity index (χ0) is 20.1. The highest BCUT2D eigenvalue weighted by Gasteiger charge is 2.59. The van der Waals surface area contributed by atoms with Gasteiger partial charge in [0.2, 0.25) is 0 Å². The summed E-state index contributed by atoms with van der Waals surface area (Å²) >= 11 is 0. The molecule has 154 valence electrons. The van der Waals surface area contributed by atoms with Crippen molar-refractivity contribution in [3.63, 3.8) is 0 Å². The summed E-state index contributed by atoms with van der Waals surface area (Å²) in [5, 5.41) is 10.6. The summed E-state index contributed by atoms with van der Waals surface area (Å²) < 4.78 is 5.77. The van der Waals surface area contributed by atoms with Crippen LogP contribution in [0.25, 0.3) is 0 Å². The summed E-state index contributed by atoms with van der Waals surface area (Å²) in [5.74, 6) is 0.451. The molecule has 0 aromatic heterocycles. The average molecular weight is 387 g/mol. The van der Waals surface area contributed by atoms with Gasteiger partial charge in [-0.15, -0.1) is 0 Å². The third-order valence-electron chi connectivity index (χ3n) is 8.68. The van der Waals surface area contributed by atoms with Gasteiger partial charge in [0.1, 0.15) is 6.10 Å². The van der Waals surface area contributed by atoms with Crippen LogP contribution >= 0.6 is 0 Å². The summed E-state index contributed by atoms with van der Waals surface area (Å²) in [5.41, 5.74) is 1.51. The zero-order valence-electron chi connectivity index (χ0n) is 17.0. The second-order valence-corrected chi connectivity index (χ2v) is 9.94. The first kappa shape index (κ1) is 19.7. The number of fused-ring (bicyclic) bond motifs is 5. The number of hydrogen-bond acceptors (Lipinski definition) is 5. The monoisotopic (exact) mass is 387 g/mol. The van der Waals surface area contributed by atoms with E-state index < -0.39 is 11.9 Å². The molecule has 3 fully saturated rings. The quantitative estimate of drug-likeness (QED) is 0.693. The molecule has 0 spiro atoms. The number of allylic oxidation sites excluding steroid dienone is 1. The van der Waals surface area contributed by atoms with E-state index in [1.807, 2.05) is 6.08 Å². The predicted molar refractivity (Wildman–Crippen MR) is 101 cm³/mol. The second-order valence-electron chi connectivity index (χ2n) is 9.94. The molecule has 0 radical (unpaired) electrons. The number of rotatable bonds is 4. The van der Waals surface area contributed by atoms with Crippen LogP contribution in [0.2, 0.25) is 0 Å². The van der Waals surface area contributed by atoms with Gasteiger partial charge in [-0.2, -0.15) is 0 Å². The molecule has 0 N–H and O–H groups in total. The largest absolute Gasteiger partial charge is 0.550 e. The van der Waals surface area contributed by atoms with Gasteiger partial charge >= 0.3 is 5.97 Å². The van der Waals surface area contributed by atoms with Crippen molar-refractivity contribution in [1.82, 2.24) is 0 Å². The van der Waals surface area contributed by atoms with Crippen LogP contribution in [0.1, 0.15) is 78.1 Å². The van der Waals surface area contributed by atoms with E-state index in [1.54, 1.807) is 0 Å². The van der Waals surface area contributed by atoms with Gasteiger partial charge in [0, 0.05) is 17.8 Å². The molecule has 28 heavy (non-hydrogen) atoms. The van der Waals surface area contributed by atoms with Crippen molar-refractivity contribution in [2.75, 3.05) is 0 Å². The second kappa shape index (κ2) is 7.00.